The number of rotatable bonds is 2. The van der Waals surface area contributed by atoms with Crippen molar-refractivity contribution in [2.45, 2.75) is 120 Å². The topological polar surface area (TPSA) is 0 Å². The summed E-state index contributed by atoms with van der Waals surface area (Å²) in [5.41, 5.74) is 9.44. The van der Waals surface area contributed by atoms with Gasteiger partial charge in [-0.05, 0) is 10.8 Å². The quantitative estimate of drug-likeness (QED) is 0.185. The third kappa shape index (κ3) is 9.88. The van der Waals surface area contributed by atoms with E-state index < -0.39 is 0 Å². The van der Waals surface area contributed by atoms with Crippen LogP contribution in [0.5, 0.6) is 0 Å². The van der Waals surface area contributed by atoms with Gasteiger partial charge in [0.2, 0.25) is 0 Å². The Hall–Kier alpha value is -2.24. The van der Waals surface area contributed by atoms with E-state index in [4.69, 9.17) is 0 Å². The van der Waals surface area contributed by atoms with Gasteiger partial charge in [-0.15, -0.1) is 39.7 Å². The predicted octanol–water partition coefficient (Wildman–Crippen LogP) is 12.7. The Labute approximate surface area is 291 Å². The molecule has 1 atom stereocenters. The summed E-state index contributed by atoms with van der Waals surface area (Å²) in [6, 6.07) is 25.0. The second-order valence-electron chi connectivity index (χ2n) is 16.9. The molecule has 1 heteroatoms. The molecule has 4 aromatic carbocycles. The Kier molecular flexibility index (Phi) is 11.8. The SMILES string of the molecule is CC(C)(C)c1ccc([CH]=[Zr+2])cc1.CC(C)(C)c1ccc2[cH-]c3ccc(C(C)(C)C)cc3c2c1.CCC1=[C-]C(C)C=C1C(C)(C)C. The van der Waals surface area contributed by atoms with E-state index in [-0.39, 0.29) is 16.2 Å². The first kappa shape index (κ1) is 37.2. The van der Waals surface area contributed by atoms with E-state index in [1.54, 1.807) is 0 Å². The first-order valence-corrected chi connectivity index (χ1v) is 18.2. The van der Waals surface area contributed by atoms with E-state index in [1.165, 1.54) is 79.2 Å². The van der Waals surface area contributed by atoms with Crippen molar-refractivity contribution in [3.8, 4) is 0 Å². The largest absolute Gasteiger partial charge is 0.266 e. The zero-order valence-corrected chi connectivity index (χ0v) is 33.2. The number of benzene rings is 3. The van der Waals surface area contributed by atoms with E-state index >= 15 is 0 Å². The molecule has 45 heavy (non-hydrogen) atoms. The Morgan fingerprint density at radius 2 is 1.07 bits per heavy atom. The van der Waals surface area contributed by atoms with E-state index in [9.17, 15) is 0 Å². The second kappa shape index (κ2) is 14.3. The molecule has 4 aromatic rings. The third-order valence-corrected chi connectivity index (χ3v) is 9.51. The van der Waals surface area contributed by atoms with Crippen LogP contribution in [0, 0.1) is 17.4 Å². The maximum Gasteiger partial charge on any atom is -0.0145 e. The molecule has 1 unspecified atom stereocenters. The van der Waals surface area contributed by atoms with Crippen molar-refractivity contribution in [3.05, 3.63) is 112 Å². The van der Waals surface area contributed by atoms with Crippen LogP contribution >= 0.6 is 0 Å². The van der Waals surface area contributed by atoms with Crippen molar-refractivity contribution in [3.63, 3.8) is 0 Å². The molecule has 0 aliphatic heterocycles. The molecule has 0 N–H and O–H groups in total. The second-order valence-corrected chi connectivity index (χ2v) is 17.6. The van der Waals surface area contributed by atoms with Crippen molar-refractivity contribution in [2.24, 2.45) is 11.3 Å². The first-order chi connectivity index (χ1) is 20.6. The normalized spacial score (nSPS) is 15.6. The fraction of sp³-hybridized carbons (Fsp3) is 0.455. The van der Waals surface area contributed by atoms with E-state index in [0.29, 0.717) is 11.3 Å². The van der Waals surface area contributed by atoms with Crippen molar-refractivity contribution in [1.82, 2.24) is 0 Å². The van der Waals surface area contributed by atoms with E-state index in [1.807, 2.05) is 0 Å². The molecule has 1 aliphatic rings. The minimum atomic E-state index is 0.194. The van der Waals surface area contributed by atoms with Gasteiger partial charge >= 0.3 is 89.5 Å². The van der Waals surface area contributed by atoms with Gasteiger partial charge in [-0.1, -0.05) is 129 Å². The average molecular weight is 678 g/mol. The fourth-order valence-electron chi connectivity index (χ4n) is 5.75. The average Bonchev–Trinajstić information content (AvgIpc) is 3.51. The Morgan fingerprint density at radius 1 is 0.644 bits per heavy atom. The number of hydrogen-bond donors (Lipinski definition) is 0. The number of hydrogen-bond acceptors (Lipinski definition) is 0. The maximum atomic E-state index is 3.48. The maximum absolute atomic E-state index is 3.48. The molecule has 0 spiro atoms. The number of allylic oxidation sites excluding steroid dienone is 4. The van der Waals surface area contributed by atoms with Crippen molar-refractivity contribution >= 4 is 25.3 Å². The van der Waals surface area contributed by atoms with Gasteiger partial charge in [-0.2, -0.15) is 11.6 Å². The molecule has 0 heterocycles. The molecule has 0 fully saturated rings. The summed E-state index contributed by atoms with van der Waals surface area (Å²) in [6.45, 7) is 31.6. The molecular weight excluding hydrogens is 620 g/mol. The van der Waals surface area contributed by atoms with Crippen LogP contribution in [-0.2, 0) is 40.5 Å². The van der Waals surface area contributed by atoms with Crippen LogP contribution in [0.1, 0.15) is 126 Å². The predicted molar refractivity (Wildman–Crippen MR) is 199 cm³/mol. The number of fused-ring (bicyclic) bond motifs is 3. The molecule has 0 nitrogen and oxygen atoms in total. The van der Waals surface area contributed by atoms with Crippen LogP contribution in [0.2, 0.25) is 0 Å². The zero-order valence-electron chi connectivity index (χ0n) is 30.8. The van der Waals surface area contributed by atoms with E-state index in [2.05, 4.69) is 180 Å². The van der Waals surface area contributed by atoms with Gasteiger partial charge in [0.25, 0.3) is 0 Å². The summed E-state index contributed by atoms with van der Waals surface area (Å²) in [6.07, 6.45) is 6.95. The molecule has 5 rings (SSSR count). The van der Waals surface area contributed by atoms with E-state index in [0.717, 1.165) is 6.42 Å². The minimum Gasteiger partial charge on any atom is -0.266 e. The van der Waals surface area contributed by atoms with Gasteiger partial charge in [0.15, 0.2) is 0 Å². The third-order valence-electron chi connectivity index (χ3n) is 8.69. The smallest absolute Gasteiger partial charge is 0.0145 e. The monoisotopic (exact) mass is 676 g/mol. The molecule has 0 amide bonds. The van der Waals surface area contributed by atoms with Gasteiger partial charge in [0, 0.05) is 0 Å². The molecule has 1 aliphatic carbocycles. The van der Waals surface area contributed by atoms with Crippen LogP contribution in [0.15, 0.2) is 84.0 Å². The van der Waals surface area contributed by atoms with Crippen molar-refractivity contribution < 1.29 is 24.2 Å². The first-order valence-electron chi connectivity index (χ1n) is 16.8. The summed E-state index contributed by atoms with van der Waals surface area (Å²) in [7, 11) is 0. The van der Waals surface area contributed by atoms with Crippen LogP contribution in [-0.4, -0.2) is 3.71 Å². The van der Waals surface area contributed by atoms with Gasteiger partial charge in [-0.25, -0.2) is 5.57 Å². The van der Waals surface area contributed by atoms with Crippen LogP contribution in [0.3, 0.4) is 0 Å². The van der Waals surface area contributed by atoms with Gasteiger partial charge in [0.05, 0.1) is 0 Å². The Balaban J connectivity index is 0.000000198. The summed E-state index contributed by atoms with van der Waals surface area (Å²) in [5.74, 6) is 0.522. The summed E-state index contributed by atoms with van der Waals surface area (Å²) in [5, 5.41) is 5.49. The summed E-state index contributed by atoms with van der Waals surface area (Å²) < 4.78 is 2.21. The fourth-order valence-corrected chi connectivity index (χ4v) is 6.22. The molecular formula is C44H58Zr. The molecule has 0 saturated heterocycles. The summed E-state index contributed by atoms with van der Waals surface area (Å²) in [4.78, 5) is 0. The molecule has 0 radical (unpaired) electrons. The molecule has 0 aromatic heterocycles. The van der Waals surface area contributed by atoms with Gasteiger partial charge < -0.3 is 0 Å². The zero-order chi connectivity index (χ0) is 34.0. The Bertz CT molecular complexity index is 1590. The summed E-state index contributed by atoms with van der Waals surface area (Å²) >= 11 is 1.46. The molecule has 0 bridgehead atoms. The van der Waals surface area contributed by atoms with Crippen LogP contribution < -0.4 is 0 Å². The molecule has 238 valence electrons. The standard InChI is InChI=1S/C21H25.C12H19.C11H14.Zr/c1-20(2,3)16-9-7-14-11-15-8-10-17(21(4,5)6)13-19(15)18(14)12-16;1-6-10-7-9(2)8-11(10)12(3,4)5;1-9-5-7-10(8-6-9)11(2,3)4;/h7-13H,1-6H3;8-9H,6H2,1-5H3;1,5-8H,2-4H3;/q2*-1;;+2. The van der Waals surface area contributed by atoms with Crippen molar-refractivity contribution in [1.29, 1.82) is 0 Å². The Morgan fingerprint density at radius 3 is 1.40 bits per heavy atom. The molecule has 0 saturated carbocycles. The minimum absolute atomic E-state index is 0.194. The van der Waals surface area contributed by atoms with Crippen LogP contribution in [0.25, 0.3) is 21.5 Å². The van der Waals surface area contributed by atoms with Crippen molar-refractivity contribution in [2.75, 3.05) is 0 Å². The van der Waals surface area contributed by atoms with Gasteiger partial charge in [-0.3, -0.25) is 6.08 Å². The van der Waals surface area contributed by atoms with Gasteiger partial charge in [0.1, 0.15) is 0 Å². The van der Waals surface area contributed by atoms with Crippen LogP contribution in [0.4, 0.5) is 0 Å².